The third kappa shape index (κ3) is 5.66. The SMILES string of the molecule is CCCCOc1ccc(NC(=O)NC2CCCCC2)cc1. The van der Waals surface area contributed by atoms with Crippen LogP contribution in [0, 0.1) is 0 Å². The van der Waals surface area contributed by atoms with E-state index in [4.69, 9.17) is 4.74 Å². The maximum Gasteiger partial charge on any atom is 0.319 e. The summed E-state index contributed by atoms with van der Waals surface area (Å²) in [4.78, 5) is 11.9. The van der Waals surface area contributed by atoms with Gasteiger partial charge in [0.15, 0.2) is 0 Å². The number of benzene rings is 1. The van der Waals surface area contributed by atoms with Crippen LogP contribution in [0.25, 0.3) is 0 Å². The van der Waals surface area contributed by atoms with Gasteiger partial charge in [0.05, 0.1) is 6.61 Å². The Kier molecular flexibility index (Phi) is 6.38. The molecular weight excluding hydrogens is 264 g/mol. The van der Waals surface area contributed by atoms with Crippen molar-refractivity contribution in [3.8, 4) is 5.75 Å². The van der Waals surface area contributed by atoms with Crippen molar-refractivity contribution in [2.75, 3.05) is 11.9 Å². The Morgan fingerprint density at radius 2 is 1.90 bits per heavy atom. The normalized spacial score (nSPS) is 15.5. The van der Waals surface area contributed by atoms with Gasteiger partial charge >= 0.3 is 6.03 Å². The second kappa shape index (κ2) is 8.55. The number of urea groups is 1. The lowest BCUT2D eigenvalue weighted by Crippen LogP contribution is -2.38. The molecule has 0 bridgehead atoms. The van der Waals surface area contributed by atoms with Crippen molar-refractivity contribution in [2.45, 2.75) is 57.9 Å². The molecule has 0 radical (unpaired) electrons. The van der Waals surface area contributed by atoms with Crippen LogP contribution in [-0.4, -0.2) is 18.7 Å². The second-order valence-corrected chi connectivity index (χ2v) is 5.66. The Bertz CT molecular complexity index is 425. The van der Waals surface area contributed by atoms with Crippen molar-refractivity contribution in [3.63, 3.8) is 0 Å². The van der Waals surface area contributed by atoms with E-state index in [1.54, 1.807) is 0 Å². The van der Waals surface area contributed by atoms with Crippen molar-refractivity contribution in [1.82, 2.24) is 5.32 Å². The van der Waals surface area contributed by atoms with Gasteiger partial charge in [-0.2, -0.15) is 0 Å². The van der Waals surface area contributed by atoms with Crippen LogP contribution in [0.3, 0.4) is 0 Å². The zero-order valence-electron chi connectivity index (χ0n) is 12.9. The van der Waals surface area contributed by atoms with Crippen molar-refractivity contribution in [1.29, 1.82) is 0 Å². The maximum absolute atomic E-state index is 11.9. The summed E-state index contributed by atoms with van der Waals surface area (Å²) < 4.78 is 5.60. The van der Waals surface area contributed by atoms with E-state index in [2.05, 4.69) is 17.6 Å². The fourth-order valence-electron chi connectivity index (χ4n) is 2.57. The fourth-order valence-corrected chi connectivity index (χ4v) is 2.57. The molecule has 0 heterocycles. The number of ether oxygens (including phenoxy) is 1. The second-order valence-electron chi connectivity index (χ2n) is 5.66. The third-order valence-corrected chi connectivity index (χ3v) is 3.82. The van der Waals surface area contributed by atoms with E-state index >= 15 is 0 Å². The predicted molar refractivity (Wildman–Crippen MR) is 85.9 cm³/mol. The van der Waals surface area contributed by atoms with Gasteiger partial charge < -0.3 is 15.4 Å². The summed E-state index contributed by atoms with van der Waals surface area (Å²) in [6.07, 6.45) is 8.10. The molecule has 21 heavy (non-hydrogen) atoms. The van der Waals surface area contributed by atoms with E-state index in [-0.39, 0.29) is 6.03 Å². The average molecular weight is 290 g/mol. The van der Waals surface area contributed by atoms with E-state index in [1.807, 2.05) is 24.3 Å². The molecule has 1 fully saturated rings. The molecule has 0 aromatic heterocycles. The first-order valence-electron chi connectivity index (χ1n) is 8.08. The summed E-state index contributed by atoms with van der Waals surface area (Å²) in [5, 5.41) is 5.92. The topological polar surface area (TPSA) is 50.4 Å². The van der Waals surface area contributed by atoms with Gasteiger partial charge in [-0.25, -0.2) is 4.79 Å². The van der Waals surface area contributed by atoms with Gasteiger partial charge in [-0.1, -0.05) is 32.6 Å². The minimum Gasteiger partial charge on any atom is -0.494 e. The summed E-state index contributed by atoms with van der Waals surface area (Å²) in [6, 6.07) is 7.76. The summed E-state index contributed by atoms with van der Waals surface area (Å²) in [5.74, 6) is 0.849. The standard InChI is InChI=1S/C17H26N2O2/c1-2-3-13-21-16-11-9-15(10-12-16)19-17(20)18-14-7-5-4-6-8-14/h9-12,14H,2-8,13H2,1H3,(H2,18,19,20). The summed E-state index contributed by atoms with van der Waals surface area (Å²) in [5.41, 5.74) is 0.797. The maximum atomic E-state index is 11.9. The number of hydrogen-bond donors (Lipinski definition) is 2. The third-order valence-electron chi connectivity index (χ3n) is 3.82. The lowest BCUT2D eigenvalue weighted by Gasteiger charge is -2.22. The number of anilines is 1. The molecule has 4 nitrogen and oxygen atoms in total. The minimum atomic E-state index is -0.110. The van der Waals surface area contributed by atoms with Crippen LogP contribution >= 0.6 is 0 Å². The Morgan fingerprint density at radius 3 is 2.57 bits per heavy atom. The van der Waals surface area contributed by atoms with Crippen molar-refractivity contribution < 1.29 is 9.53 Å². The monoisotopic (exact) mass is 290 g/mol. The zero-order valence-corrected chi connectivity index (χ0v) is 12.9. The molecule has 0 aliphatic heterocycles. The van der Waals surface area contributed by atoms with Crippen molar-refractivity contribution in [3.05, 3.63) is 24.3 Å². The smallest absolute Gasteiger partial charge is 0.319 e. The highest BCUT2D eigenvalue weighted by molar-refractivity contribution is 5.89. The van der Waals surface area contributed by atoms with Crippen molar-refractivity contribution in [2.24, 2.45) is 0 Å². The Hall–Kier alpha value is -1.71. The van der Waals surface area contributed by atoms with Crippen LogP contribution in [-0.2, 0) is 0 Å². The first-order valence-corrected chi connectivity index (χ1v) is 8.08. The number of unbranched alkanes of at least 4 members (excludes halogenated alkanes) is 1. The molecular formula is C17H26N2O2. The zero-order chi connectivity index (χ0) is 14.9. The first-order chi connectivity index (χ1) is 10.3. The molecule has 1 aromatic rings. The summed E-state index contributed by atoms with van der Waals surface area (Å²) in [7, 11) is 0. The van der Waals surface area contributed by atoms with Gasteiger partial charge in [0.25, 0.3) is 0 Å². The molecule has 1 aliphatic rings. The molecule has 0 atom stereocenters. The van der Waals surface area contributed by atoms with E-state index in [0.29, 0.717) is 6.04 Å². The summed E-state index contributed by atoms with van der Waals surface area (Å²) >= 11 is 0. The number of rotatable bonds is 6. The molecule has 2 amide bonds. The van der Waals surface area contributed by atoms with Crippen LogP contribution in [0.2, 0.25) is 0 Å². The Labute approximate surface area is 127 Å². The Balaban J connectivity index is 1.75. The van der Waals surface area contributed by atoms with Gasteiger partial charge in [0.1, 0.15) is 5.75 Å². The largest absolute Gasteiger partial charge is 0.494 e. The number of carbonyl (C=O) groups excluding carboxylic acids is 1. The number of hydrogen-bond acceptors (Lipinski definition) is 2. The number of carbonyl (C=O) groups is 1. The van der Waals surface area contributed by atoms with Crippen LogP contribution < -0.4 is 15.4 Å². The number of nitrogens with one attached hydrogen (secondary N) is 2. The molecule has 0 saturated heterocycles. The van der Waals surface area contributed by atoms with Crippen LogP contribution in [0.5, 0.6) is 5.75 Å². The van der Waals surface area contributed by atoms with Crippen LogP contribution in [0.1, 0.15) is 51.9 Å². The molecule has 4 heteroatoms. The lowest BCUT2D eigenvalue weighted by atomic mass is 9.96. The van der Waals surface area contributed by atoms with Gasteiger partial charge in [-0.05, 0) is 43.5 Å². The molecule has 0 unspecified atom stereocenters. The van der Waals surface area contributed by atoms with E-state index in [9.17, 15) is 4.79 Å². The fraction of sp³-hybridized carbons (Fsp3) is 0.588. The molecule has 116 valence electrons. The van der Waals surface area contributed by atoms with Crippen molar-refractivity contribution >= 4 is 11.7 Å². The van der Waals surface area contributed by atoms with Gasteiger partial charge in [0.2, 0.25) is 0 Å². The van der Waals surface area contributed by atoms with Crippen LogP contribution in [0.4, 0.5) is 10.5 Å². The number of amides is 2. The molecule has 2 rings (SSSR count). The van der Waals surface area contributed by atoms with Crippen LogP contribution in [0.15, 0.2) is 24.3 Å². The molecule has 1 aromatic carbocycles. The highest BCUT2D eigenvalue weighted by Crippen LogP contribution is 2.18. The molecule has 2 N–H and O–H groups in total. The average Bonchev–Trinajstić information content (AvgIpc) is 2.50. The summed E-state index contributed by atoms with van der Waals surface area (Å²) in [6.45, 7) is 2.88. The predicted octanol–water partition coefficient (Wildman–Crippen LogP) is 4.32. The van der Waals surface area contributed by atoms with Gasteiger partial charge in [-0.3, -0.25) is 0 Å². The molecule has 0 spiro atoms. The quantitative estimate of drug-likeness (QED) is 0.767. The highest BCUT2D eigenvalue weighted by atomic mass is 16.5. The van der Waals surface area contributed by atoms with E-state index < -0.39 is 0 Å². The van der Waals surface area contributed by atoms with E-state index in [1.165, 1.54) is 19.3 Å². The minimum absolute atomic E-state index is 0.110. The Morgan fingerprint density at radius 1 is 1.19 bits per heavy atom. The first kappa shape index (κ1) is 15.7. The lowest BCUT2D eigenvalue weighted by molar-refractivity contribution is 0.244. The molecule has 1 saturated carbocycles. The van der Waals surface area contributed by atoms with Gasteiger partial charge in [0, 0.05) is 11.7 Å². The van der Waals surface area contributed by atoms with E-state index in [0.717, 1.165) is 43.7 Å². The molecule has 1 aliphatic carbocycles. The van der Waals surface area contributed by atoms with Gasteiger partial charge in [-0.15, -0.1) is 0 Å². The highest BCUT2D eigenvalue weighted by Gasteiger charge is 2.15.